The van der Waals surface area contributed by atoms with E-state index >= 15 is 0 Å². The Morgan fingerprint density at radius 3 is 2.72 bits per heavy atom. The molecule has 3 N–H and O–H groups in total. The van der Waals surface area contributed by atoms with Gasteiger partial charge in [-0.15, -0.1) is 0 Å². The smallest absolute Gasteiger partial charge is 0.133 e. The van der Waals surface area contributed by atoms with E-state index in [1.165, 1.54) is 19.1 Å². The Hall–Kier alpha value is -2.05. The highest BCUT2D eigenvalue weighted by Gasteiger charge is 2.33. The molecule has 3 aliphatic rings. The van der Waals surface area contributed by atoms with Gasteiger partial charge in [0, 0.05) is 60.0 Å². The van der Waals surface area contributed by atoms with Crippen LogP contribution in [-0.4, -0.2) is 60.3 Å². The van der Waals surface area contributed by atoms with E-state index in [4.69, 9.17) is 10.1 Å². The number of rotatable bonds is 8. The van der Waals surface area contributed by atoms with Gasteiger partial charge in [-0.3, -0.25) is 4.90 Å². The van der Waals surface area contributed by atoms with Crippen molar-refractivity contribution in [2.24, 2.45) is 0 Å². The molecule has 2 heterocycles. The maximum atomic E-state index is 10.4. The third kappa shape index (κ3) is 4.14. The molecular weight excluding hydrogens is 364 g/mol. The molecule has 0 spiro atoms. The molecule has 1 saturated heterocycles. The number of hydrogen-bond acceptors (Lipinski definition) is 6. The van der Waals surface area contributed by atoms with Gasteiger partial charge in [-0.2, -0.15) is 0 Å². The van der Waals surface area contributed by atoms with E-state index < -0.39 is 6.23 Å². The molecule has 2 fully saturated rings. The maximum Gasteiger partial charge on any atom is 0.133 e. The minimum absolute atomic E-state index is 0.183. The lowest BCUT2D eigenvalue weighted by molar-refractivity contribution is 0.0230. The van der Waals surface area contributed by atoms with Crippen LogP contribution in [0.15, 0.2) is 18.3 Å². The van der Waals surface area contributed by atoms with Gasteiger partial charge in [0.15, 0.2) is 0 Å². The number of nitrogens with one attached hydrogen (secondary N) is 2. The maximum absolute atomic E-state index is 10.4. The molecule has 29 heavy (non-hydrogen) atoms. The molecule has 6 nitrogen and oxygen atoms in total. The Kier molecular flexibility index (Phi) is 5.83. The molecule has 0 radical (unpaired) electrons. The van der Waals surface area contributed by atoms with E-state index in [1.54, 1.807) is 0 Å². The van der Waals surface area contributed by atoms with Gasteiger partial charge < -0.3 is 25.5 Å². The molecule has 0 amide bonds. The lowest BCUT2D eigenvalue weighted by Crippen LogP contribution is -2.53. The number of likely N-dealkylation sites (tertiary alicyclic amines) is 1. The van der Waals surface area contributed by atoms with Crippen molar-refractivity contribution in [1.29, 1.82) is 5.41 Å². The van der Waals surface area contributed by atoms with E-state index in [2.05, 4.69) is 41.1 Å². The van der Waals surface area contributed by atoms with Gasteiger partial charge in [-0.25, -0.2) is 0 Å². The predicted octanol–water partition coefficient (Wildman–Crippen LogP) is 2.99. The first-order chi connectivity index (χ1) is 14.0. The standard InChI is InChI=1S/C23H34N4O2/c1-4-26-13-19(14-26)29-23-20(17(11-24)12-25-18-6-7-18)9-10-22-21(23)8-5-15(2)27(22)16(3)28/h9-12,15-16,18-19,24-25,28H,4-8,13-14H2,1-3H3/b17-12+,24-11?/t15-,16?/m0/s1. The fourth-order valence-corrected chi connectivity index (χ4v) is 4.44. The van der Waals surface area contributed by atoms with Gasteiger partial charge >= 0.3 is 0 Å². The highest BCUT2D eigenvalue weighted by Crippen LogP contribution is 2.42. The SMILES string of the molecule is CCN1CC(Oc2c(/C(C=N)=C/NC3CC3)ccc3c2CC[C@H](C)N3C(C)O)C1. The fourth-order valence-electron chi connectivity index (χ4n) is 4.44. The van der Waals surface area contributed by atoms with Crippen LogP contribution in [0.1, 0.15) is 51.2 Å². The molecule has 6 heteroatoms. The number of aliphatic hydroxyl groups excluding tert-OH is 1. The number of nitrogens with zero attached hydrogens (tertiary/aromatic N) is 2. The molecule has 0 bridgehead atoms. The van der Waals surface area contributed by atoms with Crippen LogP contribution in [-0.2, 0) is 6.42 Å². The number of benzene rings is 1. The second-order valence-corrected chi connectivity index (χ2v) is 8.64. The third-order valence-corrected chi connectivity index (χ3v) is 6.38. The molecule has 2 aliphatic heterocycles. The molecule has 1 aromatic carbocycles. The fraction of sp³-hybridized carbons (Fsp3) is 0.609. The second-order valence-electron chi connectivity index (χ2n) is 8.64. The van der Waals surface area contributed by atoms with Crippen LogP contribution in [0.25, 0.3) is 5.57 Å². The summed E-state index contributed by atoms with van der Waals surface area (Å²) >= 11 is 0. The van der Waals surface area contributed by atoms with Gasteiger partial charge in [0.2, 0.25) is 0 Å². The quantitative estimate of drug-likeness (QED) is 0.587. The molecular formula is C23H34N4O2. The average Bonchev–Trinajstić information content (AvgIpc) is 3.49. The van der Waals surface area contributed by atoms with Crippen molar-refractivity contribution in [3.8, 4) is 5.75 Å². The lowest BCUT2D eigenvalue weighted by atomic mass is 9.91. The number of anilines is 1. The molecule has 1 saturated carbocycles. The summed E-state index contributed by atoms with van der Waals surface area (Å²) in [6.07, 6.45) is 7.33. The lowest BCUT2D eigenvalue weighted by Gasteiger charge is -2.42. The van der Waals surface area contributed by atoms with Crippen LogP contribution in [0.4, 0.5) is 5.69 Å². The van der Waals surface area contributed by atoms with Crippen LogP contribution in [0, 0.1) is 5.41 Å². The van der Waals surface area contributed by atoms with Gasteiger partial charge in [0.1, 0.15) is 18.1 Å². The monoisotopic (exact) mass is 398 g/mol. The second kappa shape index (κ2) is 8.36. The zero-order valence-corrected chi connectivity index (χ0v) is 17.8. The number of fused-ring (bicyclic) bond motifs is 1. The molecule has 158 valence electrons. The van der Waals surface area contributed by atoms with E-state index in [0.29, 0.717) is 6.04 Å². The summed E-state index contributed by atoms with van der Waals surface area (Å²) in [5.74, 6) is 0.896. The molecule has 2 atom stereocenters. The first-order valence-corrected chi connectivity index (χ1v) is 11.0. The summed E-state index contributed by atoms with van der Waals surface area (Å²) in [5, 5.41) is 21.8. The summed E-state index contributed by atoms with van der Waals surface area (Å²) < 4.78 is 6.56. The molecule has 1 aromatic rings. The Bertz CT molecular complexity index is 781. The number of allylic oxidation sites excluding steroid dienone is 1. The molecule has 0 aromatic heterocycles. The van der Waals surface area contributed by atoms with E-state index in [1.807, 2.05) is 13.1 Å². The van der Waals surface area contributed by atoms with Gasteiger partial charge in [0.25, 0.3) is 0 Å². The summed E-state index contributed by atoms with van der Waals surface area (Å²) in [7, 11) is 0. The van der Waals surface area contributed by atoms with Crippen molar-refractivity contribution in [2.45, 2.75) is 70.9 Å². The largest absolute Gasteiger partial charge is 0.487 e. The van der Waals surface area contributed by atoms with Crippen molar-refractivity contribution in [1.82, 2.24) is 10.2 Å². The van der Waals surface area contributed by atoms with Crippen molar-refractivity contribution in [3.63, 3.8) is 0 Å². The molecule has 1 unspecified atom stereocenters. The Balaban J connectivity index is 1.72. The predicted molar refractivity (Wildman–Crippen MR) is 118 cm³/mol. The molecule has 1 aliphatic carbocycles. The van der Waals surface area contributed by atoms with Crippen LogP contribution in [0.3, 0.4) is 0 Å². The number of likely N-dealkylation sites (N-methyl/N-ethyl adjacent to an activating group) is 1. The Morgan fingerprint density at radius 2 is 2.10 bits per heavy atom. The van der Waals surface area contributed by atoms with Crippen LogP contribution in [0.2, 0.25) is 0 Å². The zero-order valence-electron chi connectivity index (χ0n) is 17.8. The topological polar surface area (TPSA) is 71.8 Å². The van der Waals surface area contributed by atoms with Crippen molar-refractivity contribution in [3.05, 3.63) is 29.5 Å². The normalized spacial score (nSPS) is 23.9. The summed E-state index contributed by atoms with van der Waals surface area (Å²) in [4.78, 5) is 4.46. The minimum Gasteiger partial charge on any atom is -0.487 e. The average molecular weight is 399 g/mol. The first kappa shape index (κ1) is 20.2. The van der Waals surface area contributed by atoms with Crippen molar-refractivity contribution < 1.29 is 9.84 Å². The first-order valence-electron chi connectivity index (χ1n) is 11.0. The van der Waals surface area contributed by atoms with Gasteiger partial charge in [-0.05, 0) is 58.2 Å². The third-order valence-electron chi connectivity index (χ3n) is 6.38. The van der Waals surface area contributed by atoms with Crippen LogP contribution in [0.5, 0.6) is 5.75 Å². The number of hydrogen-bond donors (Lipinski definition) is 3. The van der Waals surface area contributed by atoms with Gasteiger partial charge in [0.05, 0.1) is 0 Å². The van der Waals surface area contributed by atoms with Crippen molar-refractivity contribution in [2.75, 3.05) is 24.5 Å². The molecule has 4 rings (SSSR count). The van der Waals surface area contributed by atoms with Crippen LogP contribution < -0.4 is 15.0 Å². The summed E-state index contributed by atoms with van der Waals surface area (Å²) in [5.41, 5.74) is 4.05. The highest BCUT2D eigenvalue weighted by atomic mass is 16.5. The van der Waals surface area contributed by atoms with Crippen molar-refractivity contribution >= 4 is 17.5 Å². The van der Waals surface area contributed by atoms with E-state index in [-0.39, 0.29) is 12.1 Å². The Morgan fingerprint density at radius 1 is 1.34 bits per heavy atom. The zero-order chi connectivity index (χ0) is 20.5. The van der Waals surface area contributed by atoms with E-state index in [0.717, 1.165) is 60.6 Å². The van der Waals surface area contributed by atoms with E-state index in [9.17, 15) is 5.11 Å². The minimum atomic E-state index is -0.545. The Labute approximate surface area is 174 Å². The highest BCUT2D eigenvalue weighted by molar-refractivity contribution is 6.09. The number of aliphatic hydroxyl groups is 1. The van der Waals surface area contributed by atoms with Gasteiger partial charge in [-0.1, -0.05) is 6.92 Å². The number of ether oxygens (including phenoxy) is 1. The summed E-state index contributed by atoms with van der Waals surface area (Å²) in [6.45, 7) is 9.10. The summed E-state index contributed by atoms with van der Waals surface area (Å²) in [6, 6.07) is 4.98. The van der Waals surface area contributed by atoms with Crippen LogP contribution >= 0.6 is 0 Å².